The molecule has 1 N–H and O–H groups in total. The summed E-state index contributed by atoms with van der Waals surface area (Å²) >= 11 is 0. The number of ether oxygens (including phenoxy) is 2. The third-order valence-corrected chi connectivity index (χ3v) is 2.84. The largest absolute Gasteiger partial charge is 0.475 e. The quantitative estimate of drug-likeness (QED) is 0.599. The number of alkyl halides is 2. The zero-order valence-corrected chi connectivity index (χ0v) is 12.6. The fourth-order valence-electron chi connectivity index (χ4n) is 1.87. The van der Waals surface area contributed by atoms with Crippen LogP contribution in [0.5, 0.6) is 11.6 Å². The van der Waals surface area contributed by atoms with E-state index in [2.05, 4.69) is 15.2 Å². The van der Waals surface area contributed by atoms with E-state index in [0.29, 0.717) is 6.07 Å². The van der Waals surface area contributed by atoms with Crippen molar-refractivity contribution in [3.8, 4) is 11.6 Å². The molecule has 134 valence electrons. The number of anilines is 1. The summed E-state index contributed by atoms with van der Waals surface area (Å²) in [5, 5.41) is 16.7. The minimum atomic E-state index is -3.21. The monoisotopic (exact) mass is 360 g/mol. The Labute approximate surface area is 138 Å². The van der Waals surface area contributed by atoms with Crippen molar-refractivity contribution in [2.75, 3.05) is 12.4 Å². The van der Waals surface area contributed by atoms with Gasteiger partial charge in [0.15, 0.2) is 5.75 Å². The average Bonchev–Trinajstić information content (AvgIpc) is 2.92. The predicted octanol–water partition coefficient (Wildman–Crippen LogP) is 2.18. The maximum Gasteiger partial charge on any atom is 0.387 e. The van der Waals surface area contributed by atoms with Crippen molar-refractivity contribution in [3.05, 3.63) is 40.3 Å². The van der Waals surface area contributed by atoms with Gasteiger partial charge in [0, 0.05) is 6.07 Å². The van der Waals surface area contributed by atoms with Crippen LogP contribution in [0.15, 0.2) is 24.4 Å². The van der Waals surface area contributed by atoms with Crippen LogP contribution < -0.4 is 14.8 Å². The van der Waals surface area contributed by atoms with Crippen LogP contribution in [0.4, 0.5) is 24.5 Å². The van der Waals surface area contributed by atoms with Crippen molar-refractivity contribution in [2.45, 2.75) is 13.2 Å². The first-order chi connectivity index (χ1) is 11.8. The van der Waals surface area contributed by atoms with E-state index in [4.69, 9.17) is 4.74 Å². The van der Waals surface area contributed by atoms with Gasteiger partial charge < -0.3 is 14.8 Å². The molecule has 2 rings (SSSR count). The highest BCUT2D eigenvalue weighted by molar-refractivity contribution is 5.92. The summed E-state index contributed by atoms with van der Waals surface area (Å²) in [6.07, 6.45) is 0.972. The summed E-state index contributed by atoms with van der Waals surface area (Å²) in [6.45, 7) is -3.69. The van der Waals surface area contributed by atoms with Crippen molar-refractivity contribution in [2.24, 2.45) is 0 Å². The average molecular weight is 360 g/mol. The van der Waals surface area contributed by atoms with Crippen molar-refractivity contribution >= 4 is 17.3 Å². The summed E-state index contributed by atoms with van der Waals surface area (Å²) in [5.41, 5.74) is -0.640. The Balaban J connectivity index is 2.14. The molecule has 1 aromatic carbocycles. The summed E-state index contributed by atoms with van der Waals surface area (Å²) in [4.78, 5) is 22.0. The summed E-state index contributed by atoms with van der Waals surface area (Å²) in [5.74, 6) is -2.44. The van der Waals surface area contributed by atoms with Crippen molar-refractivity contribution < 1.29 is 32.4 Å². The Morgan fingerprint density at radius 1 is 1.48 bits per heavy atom. The molecule has 2 aromatic rings. The molecule has 1 amide bonds. The molecule has 9 nitrogen and oxygen atoms in total. The highest BCUT2D eigenvalue weighted by Crippen LogP contribution is 2.27. The van der Waals surface area contributed by atoms with Gasteiger partial charge in [0.2, 0.25) is 5.91 Å². The number of carbonyl (C=O) groups is 1. The minimum absolute atomic E-state index is 0.194. The first-order valence-corrected chi connectivity index (χ1v) is 6.60. The number of rotatable bonds is 7. The van der Waals surface area contributed by atoms with Crippen LogP contribution in [0, 0.1) is 15.9 Å². The molecule has 0 spiro atoms. The molecule has 0 saturated heterocycles. The maximum absolute atomic E-state index is 13.1. The van der Waals surface area contributed by atoms with Gasteiger partial charge in [-0.15, -0.1) is 5.10 Å². The number of amides is 1. The predicted molar refractivity (Wildman–Crippen MR) is 77.1 cm³/mol. The molecule has 0 unspecified atom stereocenters. The number of hydrogen-bond acceptors (Lipinski definition) is 6. The number of hydrogen-bond donors (Lipinski definition) is 1. The van der Waals surface area contributed by atoms with Gasteiger partial charge in [-0.2, -0.15) is 8.78 Å². The summed E-state index contributed by atoms with van der Waals surface area (Å²) in [6, 6.07) is 2.66. The number of carbonyl (C=O) groups excluding carboxylic acids is 1. The topological polar surface area (TPSA) is 109 Å². The molecule has 0 bridgehead atoms. The van der Waals surface area contributed by atoms with Gasteiger partial charge >= 0.3 is 18.2 Å². The van der Waals surface area contributed by atoms with E-state index in [-0.39, 0.29) is 11.6 Å². The fraction of sp³-hybridized carbons (Fsp3) is 0.231. The summed E-state index contributed by atoms with van der Waals surface area (Å²) < 4.78 is 47.5. The van der Waals surface area contributed by atoms with Crippen molar-refractivity contribution in [1.29, 1.82) is 0 Å². The van der Waals surface area contributed by atoms with Gasteiger partial charge in [-0.1, -0.05) is 0 Å². The highest BCUT2D eigenvalue weighted by Gasteiger charge is 2.21. The standard InChI is InChI=1S/C13H11F3N4O5/c1-24-12-9(20(22)23)5-19(18-12)6-11(21)17-8-3-2-7(14)4-10(8)25-13(15)16/h2-5,13H,6H2,1H3,(H,17,21). The number of nitrogens with zero attached hydrogens (tertiary/aromatic N) is 3. The van der Waals surface area contributed by atoms with E-state index in [1.165, 1.54) is 7.11 Å². The Morgan fingerprint density at radius 3 is 2.76 bits per heavy atom. The molecule has 0 fully saturated rings. The smallest absolute Gasteiger partial charge is 0.387 e. The lowest BCUT2D eigenvalue weighted by Gasteiger charge is -2.12. The molecular weight excluding hydrogens is 349 g/mol. The van der Waals surface area contributed by atoms with Gasteiger partial charge in [0.25, 0.3) is 0 Å². The Hall–Kier alpha value is -3.31. The molecule has 0 aliphatic carbocycles. The Bertz CT molecular complexity index is 796. The maximum atomic E-state index is 13.1. The lowest BCUT2D eigenvalue weighted by Crippen LogP contribution is -2.20. The van der Waals surface area contributed by atoms with Crippen LogP contribution in [-0.4, -0.2) is 34.3 Å². The van der Waals surface area contributed by atoms with E-state index in [9.17, 15) is 28.1 Å². The molecule has 1 heterocycles. The third kappa shape index (κ3) is 4.59. The van der Waals surface area contributed by atoms with Crippen LogP contribution >= 0.6 is 0 Å². The number of methoxy groups -OCH3 is 1. The molecule has 0 aliphatic rings. The second kappa shape index (κ2) is 7.51. The normalized spacial score (nSPS) is 10.6. The second-order valence-corrected chi connectivity index (χ2v) is 4.55. The molecule has 0 radical (unpaired) electrons. The van der Waals surface area contributed by atoms with E-state index in [1.807, 2.05) is 0 Å². The van der Waals surface area contributed by atoms with Crippen LogP contribution in [0.25, 0.3) is 0 Å². The number of halogens is 3. The highest BCUT2D eigenvalue weighted by atomic mass is 19.3. The summed E-state index contributed by atoms with van der Waals surface area (Å²) in [7, 11) is 1.17. The molecular formula is C13H11F3N4O5. The number of aromatic nitrogens is 2. The molecule has 25 heavy (non-hydrogen) atoms. The zero-order valence-electron chi connectivity index (χ0n) is 12.6. The molecule has 0 saturated carbocycles. The third-order valence-electron chi connectivity index (χ3n) is 2.84. The van der Waals surface area contributed by atoms with Crippen LogP contribution in [0.2, 0.25) is 0 Å². The van der Waals surface area contributed by atoms with Crippen LogP contribution in [-0.2, 0) is 11.3 Å². The van der Waals surface area contributed by atoms with Gasteiger partial charge in [0.1, 0.15) is 18.6 Å². The minimum Gasteiger partial charge on any atom is -0.475 e. The van der Waals surface area contributed by atoms with E-state index in [1.54, 1.807) is 0 Å². The van der Waals surface area contributed by atoms with E-state index >= 15 is 0 Å². The molecule has 12 heteroatoms. The first-order valence-electron chi connectivity index (χ1n) is 6.60. The number of nitrogens with one attached hydrogen (secondary N) is 1. The first kappa shape index (κ1) is 18.0. The fourth-order valence-corrected chi connectivity index (χ4v) is 1.87. The molecule has 0 aliphatic heterocycles. The molecule has 1 aromatic heterocycles. The zero-order chi connectivity index (χ0) is 18.6. The van der Waals surface area contributed by atoms with Gasteiger partial charge in [-0.25, -0.2) is 4.39 Å². The molecule has 0 atom stereocenters. The van der Waals surface area contributed by atoms with Gasteiger partial charge in [-0.05, 0) is 12.1 Å². The van der Waals surface area contributed by atoms with Crippen LogP contribution in [0.1, 0.15) is 0 Å². The van der Waals surface area contributed by atoms with Gasteiger partial charge in [0.05, 0.1) is 17.7 Å². The van der Waals surface area contributed by atoms with E-state index in [0.717, 1.165) is 23.0 Å². The SMILES string of the molecule is COc1nn(CC(=O)Nc2ccc(F)cc2OC(F)F)cc1[N+](=O)[O-]. The van der Waals surface area contributed by atoms with Crippen LogP contribution in [0.3, 0.4) is 0 Å². The van der Waals surface area contributed by atoms with E-state index < -0.39 is 41.2 Å². The lowest BCUT2D eigenvalue weighted by molar-refractivity contribution is -0.385. The second-order valence-electron chi connectivity index (χ2n) is 4.55. The Kier molecular flexibility index (Phi) is 5.41. The lowest BCUT2D eigenvalue weighted by atomic mass is 10.3. The van der Waals surface area contributed by atoms with Gasteiger partial charge in [-0.3, -0.25) is 19.6 Å². The number of nitro groups is 1. The van der Waals surface area contributed by atoms with Crippen molar-refractivity contribution in [3.63, 3.8) is 0 Å². The van der Waals surface area contributed by atoms with Crippen molar-refractivity contribution in [1.82, 2.24) is 9.78 Å². The number of benzene rings is 1. The Morgan fingerprint density at radius 2 is 2.20 bits per heavy atom.